The van der Waals surface area contributed by atoms with Crippen molar-refractivity contribution in [3.63, 3.8) is 0 Å². The Kier molecular flexibility index (Phi) is 12.4. The number of ether oxygens (including phenoxy) is 5. The highest BCUT2D eigenvalue weighted by atomic mass is 16.7. The molecule has 5 heterocycles. The number of piperazine rings is 1. The van der Waals surface area contributed by atoms with E-state index in [1.807, 2.05) is 83.8 Å². The first-order valence-corrected chi connectivity index (χ1v) is 23.8. The summed E-state index contributed by atoms with van der Waals surface area (Å²) >= 11 is 0. The summed E-state index contributed by atoms with van der Waals surface area (Å²) in [4.78, 5) is 80.6. The number of imide groups is 1. The van der Waals surface area contributed by atoms with Gasteiger partial charge in [0, 0.05) is 44.9 Å². The minimum absolute atomic E-state index is 0.0327. The van der Waals surface area contributed by atoms with Crippen LogP contribution in [0.3, 0.4) is 0 Å². The number of nitro benzene ring substituents is 1. The van der Waals surface area contributed by atoms with Crippen LogP contribution in [0.4, 0.5) is 16.2 Å². The Morgan fingerprint density at radius 3 is 2.11 bits per heavy atom. The van der Waals surface area contributed by atoms with E-state index in [1.165, 1.54) is 24.3 Å². The summed E-state index contributed by atoms with van der Waals surface area (Å²) in [6.45, 7) is 1.72. The molecule has 3 fully saturated rings. The van der Waals surface area contributed by atoms with Gasteiger partial charge < -0.3 is 33.7 Å². The van der Waals surface area contributed by atoms with Gasteiger partial charge in [0.05, 0.1) is 35.2 Å². The Morgan fingerprint density at radius 1 is 0.736 bits per heavy atom. The van der Waals surface area contributed by atoms with Crippen LogP contribution in [0, 0.1) is 16.0 Å². The average Bonchev–Trinajstić information content (AvgIpc) is 4.09. The topological polar surface area (TPSA) is 191 Å². The van der Waals surface area contributed by atoms with Gasteiger partial charge in [0.1, 0.15) is 36.5 Å². The average molecular weight is 972 g/mol. The number of fused-ring (bicyclic) bond motifs is 4. The number of carbonyl (C=O) groups is 4. The van der Waals surface area contributed by atoms with E-state index in [0.717, 1.165) is 16.0 Å². The maximum Gasteiger partial charge on any atom is 0.421 e. The number of hydrogen-bond acceptors (Lipinski definition) is 14. The van der Waals surface area contributed by atoms with Crippen molar-refractivity contribution in [1.82, 2.24) is 14.7 Å². The molecule has 0 aromatic heterocycles. The molecule has 0 radical (unpaired) electrons. The summed E-state index contributed by atoms with van der Waals surface area (Å²) in [7, 11) is 0. The molecule has 5 aliphatic rings. The van der Waals surface area contributed by atoms with Gasteiger partial charge in [-0.25, -0.2) is 9.69 Å². The van der Waals surface area contributed by atoms with E-state index in [-0.39, 0.29) is 51.1 Å². The normalized spacial score (nSPS) is 23.4. The number of anilines is 1. The summed E-state index contributed by atoms with van der Waals surface area (Å²) < 4.78 is 29.4. The largest absolute Gasteiger partial charge is 0.491 e. The van der Waals surface area contributed by atoms with Crippen LogP contribution in [0.5, 0.6) is 17.2 Å². The molecular weight excluding hydrogens is 923 g/mol. The molecule has 3 amide bonds. The van der Waals surface area contributed by atoms with Crippen LogP contribution < -0.4 is 19.1 Å². The number of rotatable bonds is 12. The molecule has 17 heteroatoms. The zero-order valence-electron chi connectivity index (χ0n) is 38.9. The quantitative estimate of drug-likeness (QED) is 0.0746. The van der Waals surface area contributed by atoms with E-state index in [2.05, 4.69) is 4.90 Å². The minimum atomic E-state index is -1.97. The molecule has 6 atom stereocenters. The molecular formula is C55H49N5O12. The number of nitrogens with zero attached hydrogens (tertiary/aromatic N) is 5. The number of benzene rings is 6. The maximum atomic E-state index is 16.5. The molecule has 6 aromatic carbocycles. The van der Waals surface area contributed by atoms with Crippen molar-refractivity contribution in [3.05, 3.63) is 195 Å². The second-order valence-electron chi connectivity index (χ2n) is 18.3. The number of nitro groups is 1. The first-order chi connectivity index (χ1) is 35.1. The van der Waals surface area contributed by atoms with E-state index in [1.54, 1.807) is 53.4 Å². The molecule has 0 saturated carbocycles. The monoisotopic (exact) mass is 971 g/mol. The van der Waals surface area contributed by atoms with Crippen LogP contribution in [-0.2, 0) is 42.4 Å². The number of hydrogen-bond donors (Lipinski definition) is 1. The maximum absolute atomic E-state index is 16.5. The van der Waals surface area contributed by atoms with Crippen molar-refractivity contribution in [3.8, 4) is 17.2 Å². The molecule has 0 bridgehead atoms. The lowest BCUT2D eigenvalue weighted by molar-refractivity contribution is -0.384. The third kappa shape index (κ3) is 8.04. The fraction of sp³-hybridized carbons (Fsp3) is 0.273. The van der Waals surface area contributed by atoms with Gasteiger partial charge in [-0.3, -0.25) is 34.3 Å². The van der Waals surface area contributed by atoms with Crippen LogP contribution >= 0.6 is 0 Å². The Balaban J connectivity index is 1.05. The molecule has 1 spiro atoms. The zero-order valence-corrected chi connectivity index (χ0v) is 38.9. The fourth-order valence-electron chi connectivity index (χ4n) is 11.3. The molecule has 72 heavy (non-hydrogen) atoms. The number of morpholine rings is 1. The molecule has 6 unspecified atom stereocenters. The number of aliphatic hydroxyl groups is 1. The number of cyclic esters (lactones) is 1. The molecule has 1 N–H and O–H groups in total. The number of carbonyl (C=O) groups excluding carboxylic acids is 4. The lowest BCUT2D eigenvalue weighted by Gasteiger charge is -2.46. The van der Waals surface area contributed by atoms with Gasteiger partial charge in [0.15, 0.2) is 11.5 Å². The molecule has 5 aliphatic heterocycles. The second kappa shape index (κ2) is 19.2. The van der Waals surface area contributed by atoms with Crippen molar-refractivity contribution in [2.45, 2.75) is 42.8 Å². The minimum Gasteiger partial charge on any atom is -0.491 e. The number of esters is 1. The number of para-hydroxylation sites is 1. The predicted molar refractivity (Wildman–Crippen MR) is 259 cm³/mol. The van der Waals surface area contributed by atoms with Gasteiger partial charge in [0.2, 0.25) is 18.6 Å². The van der Waals surface area contributed by atoms with Crippen LogP contribution in [0.25, 0.3) is 0 Å². The predicted octanol–water partition coefficient (Wildman–Crippen LogP) is 7.04. The summed E-state index contributed by atoms with van der Waals surface area (Å²) in [6.07, 6.45) is -1.95. The third-order valence-corrected chi connectivity index (χ3v) is 14.4. The Bertz CT molecular complexity index is 3030. The van der Waals surface area contributed by atoms with E-state index in [0.29, 0.717) is 59.1 Å². The molecule has 0 aliphatic carbocycles. The van der Waals surface area contributed by atoms with Crippen molar-refractivity contribution in [2.75, 3.05) is 51.1 Å². The fourth-order valence-corrected chi connectivity index (χ4v) is 11.3. The van der Waals surface area contributed by atoms with E-state index >= 15 is 14.4 Å². The standard InChI is InChI=1S/C55H49N5O12/c61-29-30-68-41-22-18-39(19-23-41)50-55(42-13-7-8-14-43(42)58(53(55)64)54(65)69-33-35-15-20-40(21-16-35)60(66)67)46(51(62)57-27-25-56(26-28-57)32-36-17-24-44-45(31-36)71-34-70-44)48-52(63)72-49(38-11-5-2-6-12-38)47(59(48)50)37-9-3-1-4-10-37/h1-24,31,46-50,61H,25-30,32-34H2. The molecule has 3 saturated heterocycles. The van der Waals surface area contributed by atoms with Crippen LogP contribution in [0.15, 0.2) is 152 Å². The summed E-state index contributed by atoms with van der Waals surface area (Å²) in [5, 5.41) is 21.0. The van der Waals surface area contributed by atoms with Crippen LogP contribution in [-0.4, -0.2) is 101 Å². The highest BCUT2D eigenvalue weighted by molar-refractivity contribution is 6.23. The van der Waals surface area contributed by atoms with Gasteiger partial charge in [0.25, 0.3) is 5.69 Å². The third-order valence-electron chi connectivity index (χ3n) is 14.4. The molecule has 11 rings (SSSR count). The first kappa shape index (κ1) is 46.3. The van der Waals surface area contributed by atoms with Gasteiger partial charge >= 0.3 is 12.1 Å². The number of aliphatic hydroxyl groups excluding tert-OH is 1. The lowest BCUT2D eigenvalue weighted by atomic mass is 9.65. The zero-order chi connectivity index (χ0) is 49.5. The van der Waals surface area contributed by atoms with Gasteiger partial charge in [-0.15, -0.1) is 0 Å². The second-order valence-corrected chi connectivity index (χ2v) is 18.3. The van der Waals surface area contributed by atoms with Crippen molar-refractivity contribution in [2.24, 2.45) is 5.92 Å². The summed E-state index contributed by atoms with van der Waals surface area (Å²) in [5.74, 6) is -1.58. The van der Waals surface area contributed by atoms with E-state index in [4.69, 9.17) is 23.7 Å². The van der Waals surface area contributed by atoms with Crippen molar-refractivity contribution in [1.29, 1.82) is 0 Å². The molecule has 17 nitrogen and oxygen atoms in total. The van der Waals surface area contributed by atoms with Crippen LogP contribution in [0.2, 0.25) is 0 Å². The van der Waals surface area contributed by atoms with Crippen LogP contribution in [0.1, 0.15) is 51.6 Å². The SMILES string of the molecule is O=C1OC(c2ccccc2)C(c2ccccc2)N2C1C(C(=O)N1CCN(Cc3ccc4c(c3)OCO4)CC1)C1(C(=O)N(C(=O)OCc3ccc([N+](=O)[O-])cc3)c3ccccc31)C2c1ccc(OCCO)cc1. The summed E-state index contributed by atoms with van der Waals surface area (Å²) in [5.41, 5.74) is 1.87. The van der Waals surface area contributed by atoms with Gasteiger partial charge in [-0.05, 0) is 75.8 Å². The highest BCUT2D eigenvalue weighted by Gasteiger charge is 2.76. The Labute approximate surface area is 413 Å². The van der Waals surface area contributed by atoms with Gasteiger partial charge in [-0.1, -0.05) is 97.1 Å². The number of amides is 3. The van der Waals surface area contributed by atoms with Gasteiger partial charge in [-0.2, -0.15) is 0 Å². The summed E-state index contributed by atoms with van der Waals surface area (Å²) in [6, 6.07) is 40.8. The number of non-ortho nitro benzene ring substituents is 1. The molecule has 366 valence electrons. The lowest BCUT2D eigenvalue weighted by Crippen LogP contribution is -2.59. The molecule has 6 aromatic rings. The van der Waals surface area contributed by atoms with Crippen molar-refractivity contribution < 1.29 is 52.9 Å². The Hall–Kier alpha value is -8.12. The van der Waals surface area contributed by atoms with Crippen molar-refractivity contribution >= 4 is 35.3 Å². The first-order valence-electron chi connectivity index (χ1n) is 23.8. The smallest absolute Gasteiger partial charge is 0.421 e. The van der Waals surface area contributed by atoms with E-state index < -0.39 is 64.4 Å². The Morgan fingerprint density at radius 2 is 1.40 bits per heavy atom. The highest BCUT2D eigenvalue weighted by Crippen LogP contribution is 2.66. The van der Waals surface area contributed by atoms with E-state index in [9.17, 15) is 20.0 Å².